The predicted octanol–water partition coefficient (Wildman–Crippen LogP) is 1.49. The maximum atomic E-state index is 6.50. The molecule has 0 aromatic heterocycles. The van der Waals surface area contributed by atoms with Gasteiger partial charge in [-0.1, -0.05) is 48.4 Å². The summed E-state index contributed by atoms with van der Waals surface area (Å²) in [5.41, 5.74) is 5.30. The van der Waals surface area contributed by atoms with Crippen molar-refractivity contribution < 1.29 is 26.8 Å². The van der Waals surface area contributed by atoms with E-state index < -0.39 is 0 Å². The van der Waals surface area contributed by atoms with Crippen molar-refractivity contribution in [3.05, 3.63) is 65.2 Å². The third-order valence-corrected chi connectivity index (χ3v) is 6.77. The second-order valence-electron chi connectivity index (χ2n) is 9.10. The van der Waals surface area contributed by atoms with Crippen molar-refractivity contribution in [3.8, 4) is 5.75 Å². The van der Waals surface area contributed by atoms with Gasteiger partial charge in [-0.25, -0.2) is 0 Å². The Hall–Kier alpha value is -2.17. The van der Waals surface area contributed by atoms with Crippen LogP contribution in [-0.2, 0) is 4.74 Å². The molecule has 2 aromatic rings. The second kappa shape index (κ2) is 12.9. The molecule has 0 atom stereocenters. The molecule has 0 unspecified atom stereocenters. The van der Waals surface area contributed by atoms with Gasteiger partial charge in [0.15, 0.2) is 0 Å². The summed E-state index contributed by atoms with van der Waals surface area (Å²) in [6.07, 6.45) is 6.32. The van der Waals surface area contributed by atoms with E-state index in [1.807, 2.05) is 6.92 Å². The minimum atomic E-state index is 0. The quantitative estimate of drug-likeness (QED) is 0.592. The number of anilines is 1. The molecule has 1 saturated carbocycles. The third kappa shape index (κ3) is 6.91. The highest BCUT2D eigenvalue weighted by atomic mass is 35.5. The lowest BCUT2D eigenvalue weighted by molar-refractivity contribution is -0.900. The van der Waals surface area contributed by atoms with Crippen molar-refractivity contribution in [3.63, 3.8) is 0 Å². The van der Waals surface area contributed by atoms with Gasteiger partial charge in [-0.05, 0) is 57.2 Å². The predicted molar refractivity (Wildman–Crippen MR) is 133 cm³/mol. The van der Waals surface area contributed by atoms with Gasteiger partial charge in [-0.2, -0.15) is 0 Å². The van der Waals surface area contributed by atoms with Crippen LogP contribution in [0.1, 0.15) is 50.2 Å². The Morgan fingerprint density at radius 3 is 2.33 bits per heavy atom. The summed E-state index contributed by atoms with van der Waals surface area (Å²) in [5.74, 6) is 2.16. The molecule has 2 fully saturated rings. The topological polar surface area (TPSA) is 26.1 Å². The van der Waals surface area contributed by atoms with E-state index in [0.29, 0.717) is 6.61 Å². The second-order valence-corrected chi connectivity index (χ2v) is 9.10. The number of para-hydroxylation sites is 2. The molecule has 0 amide bonds. The SMILES string of the molecule is CCOc1ccccc1N1CC[NH+](CCOC(=C2CCCCC2)c2ccc(C)cc2)CC1.[Cl-]. The van der Waals surface area contributed by atoms with E-state index >= 15 is 0 Å². The van der Waals surface area contributed by atoms with Crippen LogP contribution in [0.15, 0.2) is 54.1 Å². The molecular weight excluding hydrogens is 432 g/mol. The highest BCUT2D eigenvalue weighted by molar-refractivity contribution is 5.63. The van der Waals surface area contributed by atoms with Crippen molar-refractivity contribution in [2.24, 2.45) is 0 Å². The largest absolute Gasteiger partial charge is 1.00 e. The van der Waals surface area contributed by atoms with E-state index in [1.54, 1.807) is 4.90 Å². The molecule has 4 rings (SSSR count). The average molecular weight is 471 g/mol. The van der Waals surface area contributed by atoms with Crippen LogP contribution in [0.25, 0.3) is 5.76 Å². The normalized spacial score (nSPS) is 16.8. The molecule has 1 heterocycles. The zero-order valence-electron chi connectivity index (χ0n) is 20.2. The van der Waals surface area contributed by atoms with E-state index in [4.69, 9.17) is 9.47 Å². The van der Waals surface area contributed by atoms with Crippen LogP contribution < -0.4 is 26.9 Å². The first-order valence-electron chi connectivity index (χ1n) is 12.5. The summed E-state index contributed by atoms with van der Waals surface area (Å²) in [4.78, 5) is 4.10. The van der Waals surface area contributed by atoms with Crippen molar-refractivity contribution in [2.75, 3.05) is 50.8 Å². The lowest BCUT2D eigenvalue weighted by Crippen LogP contribution is -3.15. The van der Waals surface area contributed by atoms with Gasteiger partial charge in [-0.15, -0.1) is 0 Å². The van der Waals surface area contributed by atoms with E-state index in [2.05, 4.69) is 60.4 Å². The maximum Gasteiger partial charge on any atom is 0.142 e. The highest BCUT2D eigenvalue weighted by Crippen LogP contribution is 2.31. The van der Waals surface area contributed by atoms with E-state index in [-0.39, 0.29) is 12.4 Å². The molecule has 1 saturated heterocycles. The minimum Gasteiger partial charge on any atom is -1.00 e. The number of aryl methyl sites for hydroxylation is 1. The third-order valence-electron chi connectivity index (χ3n) is 6.77. The van der Waals surface area contributed by atoms with Crippen LogP contribution in [-0.4, -0.2) is 45.9 Å². The Labute approximate surface area is 206 Å². The number of ether oxygens (including phenoxy) is 2. The molecule has 4 nitrogen and oxygen atoms in total. The minimum absolute atomic E-state index is 0. The van der Waals surface area contributed by atoms with Crippen LogP contribution in [0.2, 0.25) is 0 Å². The molecule has 180 valence electrons. The van der Waals surface area contributed by atoms with Crippen molar-refractivity contribution in [1.82, 2.24) is 0 Å². The van der Waals surface area contributed by atoms with Gasteiger partial charge >= 0.3 is 0 Å². The van der Waals surface area contributed by atoms with Gasteiger partial charge in [0.2, 0.25) is 0 Å². The molecule has 5 heteroatoms. The van der Waals surface area contributed by atoms with Crippen LogP contribution in [0, 0.1) is 6.92 Å². The Balaban J connectivity index is 0.00000306. The summed E-state index contributed by atoms with van der Waals surface area (Å²) in [6.45, 7) is 11.1. The first-order valence-corrected chi connectivity index (χ1v) is 12.5. The smallest absolute Gasteiger partial charge is 0.142 e. The molecule has 0 radical (unpaired) electrons. The lowest BCUT2D eigenvalue weighted by atomic mass is 9.92. The first-order chi connectivity index (χ1) is 15.7. The number of benzene rings is 2. The number of nitrogens with one attached hydrogen (secondary N) is 1. The van der Waals surface area contributed by atoms with E-state index in [9.17, 15) is 0 Å². The van der Waals surface area contributed by atoms with Gasteiger partial charge < -0.3 is 31.7 Å². The molecule has 1 aliphatic heterocycles. The summed E-state index contributed by atoms with van der Waals surface area (Å²) in [5, 5.41) is 0. The Kier molecular flexibility index (Phi) is 9.95. The summed E-state index contributed by atoms with van der Waals surface area (Å²) >= 11 is 0. The monoisotopic (exact) mass is 470 g/mol. The molecule has 2 aliphatic rings. The van der Waals surface area contributed by atoms with Crippen molar-refractivity contribution >= 4 is 11.4 Å². The fourth-order valence-electron chi connectivity index (χ4n) is 4.91. The molecular formula is C28H39ClN2O2. The Bertz CT molecular complexity index is 881. The number of nitrogens with zero attached hydrogens (tertiary/aromatic N) is 1. The molecule has 0 spiro atoms. The number of halogens is 1. The molecule has 1 N–H and O–H groups in total. The van der Waals surface area contributed by atoms with Crippen molar-refractivity contribution in [2.45, 2.75) is 46.0 Å². The zero-order valence-corrected chi connectivity index (χ0v) is 21.0. The van der Waals surface area contributed by atoms with Crippen LogP contribution in [0.3, 0.4) is 0 Å². The standard InChI is InChI=1S/C28H38N2O2.ClH/c1-3-31-27-12-8-7-11-26(27)30-19-17-29(18-20-30)21-22-32-28(24-9-5-4-6-10-24)25-15-13-23(2)14-16-25;/h7-8,11-16H,3-6,9-10,17-22H2,1-2H3;1H. The maximum absolute atomic E-state index is 6.50. The number of piperazine rings is 1. The van der Waals surface area contributed by atoms with Crippen molar-refractivity contribution in [1.29, 1.82) is 0 Å². The number of quaternary nitrogens is 1. The zero-order chi connectivity index (χ0) is 22.2. The summed E-state index contributed by atoms with van der Waals surface area (Å²) in [6, 6.07) is 17.3. The summed E-state index contributed by atoms with van der Waals surface area (Å²) < 4.78 is 12.3. The number of rotatable bonds is 8. The van der Waals surface area contributed by atoms with Crippen LogP contribution >= 0.6 is 0 Å². The lowest BCUT2D eigenvalue weighted by Gasteiger charge is -2.34. The number of hydrogen-bond donors (Lipinski definition) is 1. The van der Waals surface area contributed by atoms with E-state index in [0.717, 1.165) is 50.8 Å². The Morgan fingerprint density at radius 1 is 0.939 bits per heavy atom. The van der Waals surface area contributed by atoms with E-state index in [1.165, 1.54) is 54.5 Å². The fraction of sp³-hybridized carbons (Fsp3) is 0.500. The average Bonchev–Trinajstić information content (AvgIpc) is 2.84. The van der Waals surface area contributed by atoms with Gasteiger partial charge in [-0.3, -0.25) is 0 Å². The first kappa shape index (κ1) is 25.5. The van der Waals surface area contributed by atoms with Gasteiger partial charge in [0.25, 0.3) is 0 Å². The van der Waals surface area contributed by atoms with Crippen LogP contribution in [0.4, 0.5) is 5.69 Å². The molecule has 33 heavy (non-hydrogen) atoms. The Morgan fingerprint density at radius 2 is 1.64 bits per heavy atom. The molecule has 2 aromatic carbocycles. The number of allylic oxidation sites excluding steroid dienone is 1. The van der Waals surface area contributed by atoms with Gasteiger partial charge in [0.1, 0.15) is 24.7 Å². The van der Waals surface area contributed by atoms with Gasteiger partial charge in [0.05, 0.1) is 38.5 Å². The number of hydrogen-bond acceptors (Lipinski definition) is 3. The van der Waals surface area contributed by atoms with Gasteiger partial charge in [0, 0.05) is 5.56 Å². The summed E-state index contributed by atoms with van der Waals surface area (Å²) in [7, 11) is 0. The molecule has 0 bridgehead atoms. The molecule has 1 aliphatic carbocycles. The fourth-order valence-corrected chi connectivity index (χ4v) is 4.91. The van der Waals surface area contributed by atoms with Crippen LogP contribution in [0.5, 0.6) is 5.75 Å². The highest BCUT2D eigenvalue weighted by Gasteiger charge is 2.22.